The molecule has 0 aromatic carbocycles. The van der Waals surface area contributed by atoms with Crippen molar-refractivity contribution in [1.82, 2.24) is 0 Å². The van der Waals surface area contributed by atoms with Gasteiger partial charge < -0.3 is 9.84 Å². The van der Waals surface area contributed by atoms with Gasteiger partial charge in [-0.1, -0.05) is 44.4 Å². The van der Waals surface area contributed by atoms with E-state index in [2.05, 4.69) is 25.1 Å². The van der Waals surface area contributed by atoms with E-state index < -0.39 is 0 Å². The SMILES string of the molecule is CCCCCC(O)C=CC1=CC[C@@H]2C[C@H](OCCCC#N)C[C@@H]12. The van der Waals surface area contributed by atoms with Gasteiger partial charge in [-0.15, -0.1) is 0 Å². The summed E-state index contributed by atoms with van der Waals surface area (Å²) in [5.74, 6) is 1.32. The van der Waals surface area contributed by atoms with Gasteiger partial charge in [0, 0.05) is 13.0 Å². The van der Waals surface area contributed by atoms with Crippen LogP contribution < -0.4 is 0 Å². The van der Waals surface area contributed by atoms with Gasteiger partial charge in [0.25, 0.3) is 0 Å². The van der Waals surface area contributed by atoms with E-state index >= 15 is 0 Å². The molecule has 128 valence electrons. The topological polar surface area (TPSA) is 53.2 Å². The van der Waals surface area contributed by atoms with Crippen LogP contribution in [-0.2, 0) is 4.74 Å². The molecular formula is C20H31NO2. The maximum atomic E-state index is 10.0. The van der Waals surface area contributed by atoms with Gasteiger partial charge in [-0.25, -0.2) is 0 Å². The first-order valence-electron chi connectivity index (χ1n) is 9.29. The van der Waals surface area contributed by atoms with Gasteiger partial charge in [0.05, 0.1) is 18.3 Å². The second-order valence-corrected chi connectivity index (χ2v) is 6.95. The number of aliphatic hydroxyl groups excluding tert-OH is 1. The van der Waals surface area contributed by atoms with Gasteiger partial charge in [-0.3, -0.25) is 0 Å². The van der Waals surface area contributed by atoms with E-state index in [1.165, 1.54) is 18.4 Å². The Hall–Kier alpha value is -1.11. The lowest BCUT2D eigenvalue weighted by Crippen LogP contribution is -2.10. The second-order valence-electron chi connectivity index (χ2n) is 6.95. The molecule has 1 unspecified atom stereocenters. The van der Waals surface area contributed by atoms with Crippen molar-refractivity contribution in [2.24, 2.45) is 11.8 Å². The molecule has 3 heteroatoms. The van der Waals surface area contributed by atoms with E-state index in [4.69, 9.17) is 10.00 Å². The van der Waals surface area contributed by atoms with Crippen LogP contribution in [0.15, 0.2) is 23.8 Å². The van der Waals surface area contributed by atoms with Crippen LogP contribution in [0.4, 0.5) is 0 Å². The van der Waals surface area contributed by atoms with E-state index in [1.807, 2.05) is 6.08 Å². The maximum Gasteiger partial charge on any atom is 0.0724 e. The number of ether oxygens (including phenoxy) is 1. The molecule has 4 atom stereocenters. The minimum absolute atomic E-state index is 0.305. The summed E-state index contributed by atoms with van der Waals surface area (Å²) in [7, 11) is 0. The van der Waals surface area contributed by atoms with Crippen LogP contribution in [0.3, 0.4) is 0 Å². The Morgan fingerprint density at radius 3 is 3.04 bits per heavy atom. The number of fused-ring (bicyclic) bond motifs is 1. The molecule has 3 nitrogen and oxygen atoms in total. The summed E-state index contributed by atoms with van der Waals surface area (Å²) in [6, 6.07) is 2.16. The van der Waals surface area contributed by atoms with Crippen molar-refractivity contribution in [3.63, 3.8) is 0 Å². The molecule has 0 radical (unpaired) electrons. The van der Waals surface area contributed by atoms with Crippen LogP contribution in [0.25, 0.3) is 0 Å². The lowest BCUT2D eigenvalue weighted by atomic mass is 9.94. The zero-order chi connectivity index (χ0) is 16.5. The van der Waals surface area contributed by atoms with Crippen molar-refractivity contribution >= 4 is 0 Å². The Morgan fingerprint density at radius 1 is 1.39 bits per heavy atom. The fraction of sp³-hybridized carbons (Fsp3) is 0.750. The predicted octanol–water partition coefficient (Wildman–Crippen LogP) is 4.53. The molecule has 23 heavy (non-hydrogen) atoms. The number of hydrogen-bond acceptors (Lipinski definition) is 3. The number of aliphatic hydroxyl groups is 1. The monoisotopic (exact) mass is 317 g/mol. The molecule has 2 rings (SSSR count). The summed E-state index contributed by atoms with van der Waals surface area (Å²) < 4.78 is 5.93. The number of unbranched alkanes of at least 4 members (excludes halogenated alkanes) is 3. The fourth-order valence-corrected chi connectivity index (χ4v) is 3.83. The maximum absolute atomic E-state index is 10.0. The summed E-state index contributed by atoms with van der Waals surface area (Å²) in [6.45, 7) is 2.90. The smallest absolute Gasteiger partial charge is 0.0724 e. The highest BCUT2D eigenvalue weighted by atomic mass is 16.5. The highest BCUT2D eigenvalue weighted by molar-refractivity contribution is 5.29. The third-order valence-corrected chi connectivity index (χ3v) is 5.14. The number of nitrogens with zero attached hydrogens (tertiary/aromatic N) is 1. The largest absolute Gasteiger partial charge is 0.389 e. The van der Waals surface area contributed by atoms with Crippen molar-refractivity contribution in [3.05, 3.63) is 23.8 Å². The van der Waals surface area contributed by atoms with Crippen molar-refractivity contribution in [2.75, 3.05) is 6.61 Å². The van der Waals surface area contributed by atoms with E-state index in [-0.39, 0.29) is 6.10 Å². The zero-order valence-corrected chi connectivity index (χ0v) is 14.4. The molecule has 0 saturated heterocycles. The molecule has 0 spiro atoms. The average Bonchev–Trinajstić information content (AvgIpc) is 3.10. The molecule has 0 bridgehead atoms. The molecule has 0 heterocycles. The number of allylic oxidation sites excluding steroid dienone is 3. The van der Waals surface area contributed by atoms with Gasteiger partial charge in [0.1, 0.15) is 0 Å². The first kappa shape index (κ1) is 18.2. The normalized spacial score (nSPS) is 27.9. The van der Waals surface area contributed by atoms with Crippen LogP contribution >= 0.6 is 0 Å². The Bertz CT molecular complexity index is 449. The summed E-state index contributed by atoms with van der Waals surface area (Å²) in [5.41, 5.74) is 1.40. The summed E-state index contributed by atoms with van der Waals surface area (Å²) >= 11 is 0. The fourth-order valence-electron chi connectivity index (χ4n) is 3.83. The lowest BCUT2D eigenvalue weighted by molar-refractivity contribution is 0.0533. The summed E-state index contributed by atoms with van der Waals surface area (Å²) in [4.78, 5) is 0. The van der Waals surface area contributed by atoms with Crippen LogP contribution in [0.5, 0.6) is 0 Å². The third-order valence-electron chi connectivity index (χ3n) is 5.14. The van der Waals surface area contributed by atoms with Crippen molar-refractivity contribution in [1.29, 1.82) is 5.26 Å². The molecule has 1 saturated carbocycles. The molecule has 1 N–H and O–H groups in total. The van der Waals surface area contributed by atoms with Crippen molar-refractivity contribution < 1.29 is 9.84 Å². The summed E-state index contributed by atoms with van der Waals surface area (Å²) in [6.07, 6.45) is 15.7. The van der Waals surface area contributed by atoms with Crippen LogP contribution in [0.2, 0.25) is 0 Å². The number of nitriles is 1. The van der Waals surface area contributed by atoms with E-state index in [9.17, 15) is 5.11 Å². The molecule has 0 aromatic heterocycles. The van der Waals surface area contributed by atoms with Gasteiger partial charge in [0.15, 0.2) is 0 Å². The van der Waals surface area contributed by atoms with Gasteiger partial charge in [-0.2, -0.15) is 5.26 Å². The van der Waals surface area contributed by atoms with Crippen LogP contribution in [0, 0.1) is 23.2 Å². The molecule has 2 aliphatic carbocycles. The Balaban J connectivity index is 1.72. The lowest BCUT2D eigenvalue weighted by Gasteiger charge is -2.13. The van der Waals surface area contributed by atoms with Crippen molar-refractivity contribution in [3.8, 4) is 6.07 Å². The molecule has 0 amide bonds. The highest BCUT2D eigenvalue weighted by Crippen LogP contribution is 2.45. The highest BCUT2D eigenvalue weighted by Gasteiger charge is 2.38. The minimum atomic E-state index is -0.305. The van der Waals surface area contributed by atoms with E-state index in [0.29, 0.717) is 31.0 Å². The van der Waals surface area contributed by atoms with Crippen LogP contribution in [0.1, 0.15) is 64.7 Å². The quantitative estimate of drug-likeness (QED) is 0.602. The molecule has 0 aliphatic heterocycles. The Morgan fingerprint density at radius 2 is 2.26 bits per heavy atom. The first-order chi connectivity index (χ1) is 11.2. The second kappa shape index (κ2) is 9.90. The molecule has 1 fully saturated rings. The Kier molecular flexibility index (Phi) is 7.85. The van der Waals surface area contributed by atoms with E-state index in [0.717, 1.165) is 38.5 Å². The molecular weight excluding hydrogens is 286 g/mol. The Labute approximate surface area is 141 Å². The third kappa shape index (κ3) is 5.79. The van der Waals surface area contributed by atoms with Gasteiger partial charge in [-0.05, 0) is 49.5 Å². The van der Waals surface area contributed by atoms with Gasteiger partial charge in [0.2, 0.25) is 0 Å². The average molecular weight is 317 g/mol. The molecule has 0 aromatic rings. The predicted molar refractivity (Wildman–Crippen MR) is 92.8 cm³/mol. The van der Waals surface area contributed by atoms with Crippen molar-refractivity contribution in [2.45, 2.75) is 76.9 Å². The first-order valence-corrected chi connectivity index (χ1v) is 9.29. The summed E-state index contributed by atoms with van der Waals surface area (Å²) in [5, 5.41) is 18.6. The minimum Gasteiger partial charge on any atom is -0.389 e. The molecule has 2 aliphatic rings. The standard InChI is InChI=1S/C20H31NO2/c1-2-3-4-7-18(22)11-10-16-8-9-17-14-19(15-20(16)17)23-13-6-5-12-21/h8,10-11,17-20,22H,2-7,9,13-15H2,1H3/t17-,18?,19+,20+/m1/s1. The van der Waals surface area contributed by atoms with Gasteiger partial charge >= 0.3 is 0 Å². The number of rotatable bonds is 10. The number of hydrogen-bond donors (Lipinski definition) is 1. The van der Waals surface area contributed by atoms with E-state index in [1.54, 1.807) is 0 Å². The van der Waals surface area contributed by atoms with Crippen LogP contribution in [-0.4, -0.2) is 23.9 Å². The zero-order valence-electron chi connectivity index (χ0n) is 14.4.